The predicted octanol–water partition coefficient (Wildman–Crippen LogP) is 2.29. The molecule has 1 aromatic heterocycles. The predicted molar refractivity (Wildman–Crippen MR) is 72.4 cm³/mol. The Labute approximate surface area is 106 Å². The van der Waals surface area contributed by atoms with E-state index in [2.05, 4.69) is 16.9 Å². The van der Waals surface area contributed by atoms with Gasteiger partial charge in [0.15, 0.2) is 5.13 Å². The van der Waals surface area contributed by atoms with Gasteiger partial charge >= 0.3 is 0 Å². The van der Waals surface area contributed by atoms with Gasteiger partial charge in [-0.05, 0) is 20.4 Å². The van der Waals surface area contributed by atoms with Crippen LogP contribution in [0.25, 0.3) is 0 Å². The summed E-state index contributed by atoms with van der Waals surface area (Å²) >= 11 is 1.45. The van der Waals surface area contributed by atoms with Gasteiger partial charge in [-0.1, -0.05) is 19.1 Å². The number of aryl methyl sites for hydroxylation is 1. The molecule has 0 spiro atoms. The second-order valence-corrected chi connectivity index (χ2v) is 4.96. The van der Waals surface area contributed by atoms with Gasteiger partial charge in [-0.15, -0.1) is 11.3 Å². The van der Waals surface area contributed by atoms with Crippen LogP contribution in [0.3, 0.4) is 0 Å². The Kier molecular flexibility index (Phi) is 5.31. The summed E-state index contributed by atoms with van der Waals surface area (Å²) in [6, 6.07) is 0. The highest BCUT2D eigenvalue weighted by atomic mass is 32.1. The Morgan fingerprint density at radius 1 is 1.59 bits per heavy atom. The summed E-state index contributed by atoms with van der Waals surface area (Å²) in [5, 5.41) is 5.38. The standard InChI is InChI=1S/C12H19N3OS/c1-5-15(6-9(2)3)7-11(16)14-12-13-10(4)8-17-12/h8H,2,5-7H2,1,3-4H3,(H,13,14,16). The normalized spacial score (nSPS) is 10.6. The number of aromatic nitrogens is 1. The van der Waals surface area contributed by atoms with Crippen molar-refractivity contribution in [2.75, 3.05) is 25.0 Å². The SMILES string of the molecule is C=C(C)CN(CC)CC(=O)Nc1nc(C)cs1. The molecular formula is C12H19N3OS. The summed E-state index contributed by atoms with van der Waals surface area (Å²) < 4.78 is 0. The molecule has 0 saturated heterocycles. The Hall–Kier alpha value is -1.20. The fourth-order valence-electron chi connectivity index (χ4n) is 1.43. The van der Waals surface area contributed by atoms with Crippen LogP contribution in [0.1, 0.15) is 19.5 Å². The van der Waals surface area contributed by atoms with Gasteiger partial charge in [0.05, 0.1) is 12.2 Å². The number of nitrogens with zero attached hydrogens (tertiary/aromatic N) is 2. The van der Waals surface area contributed by atoms with E-state index in [4.69, 9.17) is 0 Å². The van der Waals surface area contributed by atoms with Gasteiger partial charge in [-0.3, -0.25) is 9.69 Å². The minimum Gasteiger partial charge on any atom is -0.301 e. The first-order chi connectivity index (χ1) is 8.01. The number of rotatable bonds is 6. The van der Waals surface area contributed by atoms with Crippen molar-refractivity contribution in [2.24, 2.45) is 0 Å². The average molecular weight is 253 g/mol. The minimum atomic E-state index is -0.0255. The fraction of sp³-hybridized carbons (Fsp3) is 0.500. The average Bonchev–Trinajstić information content (AvgIpc) is 2.62. The Bertz CT molecular complexity index is 400. The summed E-state index contributed by atoms with van der Waals surface area (Å²) in [7, 11) is 0. The Morgan fingerprint density at radius 2 is 2.29 bits per heavy atom. The summed E-state index contributed by atoms with van der Waals surface area (Å²) in [5.74, 6) is -0.0255. The van der Waals surface area contributed by atoms with Crippen molar-refractivity contribution >= 4 is 22.4 Å². The molecule has 0 aliphatic carbocycles. The Balaban J connectivity index is 2.45. The van der Waals surface area contributed by atoms with E-state index in [1.807, 2.05) is 31.1 Å². The maximum Gasteiger partial charge on any atom is 0.240 e. The van der Waals surface area contributed by atoms with Crippen LogP contribution in [-0.4, -0.2) is 35.4 Å². The highest BCUT2D eigenvalue weighted by Gasteiger charge is 2.10. The first-order valence-corrected chi connectivity index (χ1v) is 6.48. The number of likely N-dealkylation sites (N-methyl/N-ethyl adjacent to an activating group) is 1. The van der Waals surface area contributed by atoms with E-state index >= 15 is 0 Å². The van der Waals surface area contributed by atoms with Crippen molar-refractivity contribution < 1.29 is 4.79 Å². The molecule has 0 bridgehead atoms. The third-order valence-corrected chi connectivity index (χ3v) is 3.05. The van der Waals surface area contributed by atoms with Gasteiger partial charge in [-0.2, -0.15) is 0 Å². The number of amides is 1. The molecule has 1 amide bonds. The highest BCUT2D eigenvalue weighted by Crippen LogP contribution is 2.14. The smallest absolute Gasteiger partial charge is 0.240 e. The van der Waals surface area contributed by atoms with Gasteiger partial charge in [0.2, 0.25) is 5.91 Å². The zero-order chi connectivity index (χ0) is 12.8. The first kappa shape index (κ1) is 13.9. The first-order valence-electron chi connectivity index (χ1n) is 5.60. The molecule has 4 nitrogen and oxygen atoms in total. The van der Waals surface area contributed by atoms with Gasteiger partial charge in [-0.25, -0.2) is 4.98 Å². The van der Waals surface area contributed by atoms with Gasteiger partial charge in [0.25, 0.3) is 0 Å². The van der Waals surface area contributed by atoms with Crippen molar-refractivity contribution in [1.29, 1.82) is 0 Å². The number of anilines is 1. The number of hydrogen-bond acceptors (Lipinski definition) is 4. The van der Waals surface area contributed by atoms with Crippen LogP contribution in [0.15, 0.2) is 17.5 Å². The van der Waals surface area contributed by atoms with Crippen LogP contribution in [0, 0.1) is 6.92 Å². The number of carbonyl (C=O) groups excluding carboxylic acids is 1. The molecule has 0 fully saturated rings. The van der Waals surface area contributed by atoms with E-state index in [1.54, 1.807) is 0 Å². The van der Waals surface area contributed by atoms with Crippen molar-refractivity contribution in [1.82, 2.24) is 9.88 Å². The minimum absolute atomic E-state index is 0.0255. The lowest BCUT2D eigenvalue weighted by molar-refractivity contribution is -0.117. The molecule has 0 radical (unpaired) electrons. The van der Waals surface area contributed by atoms with Crippen LogP contribution in [-0.2, 0) is 4.79 Å². The second kappa shape index (κ2) is 6.51. The van der Waals surface area contributed by atoms with Crippen molar-refractivity contribution in [3.05, 3.63) is 23.2 Å². The molecule has 0 saturated carbocycles. The zero-order valence-electron chi connectivity index (χ0n) is 10.6. The summed E-state index contributed by atoms with van der Waals surface area (Å²) in [6.07, 6.45) is 0. The second-order valence-electron chi connectivity index (χ2n) is 4.10. The van der Waals surface area contributed by atoms with Crippen LogP contribution in [0.5, 0.6) is 0 Å². The lowest BCUT2D eigenvalue weighted by Gasteiger charge is -2.19. The maximum atomic E-state index is 11.8. The molecule has 1 aromatic rings. The maximum absolute atomic E-state index is 11.8. The van der Waals surface area contributed by atoms with Crippen molar-refractivity contribution in [3.8, 4) is 0 Å². The Morgan fingerprint density at radius 3 is 2.76 bits per heavy atom. The van der Waals surface area contributed by atoms with Gasteiger partial charge < -0.3 is 5.32 Å². The van der Waals surface area contributed by atoms with Crippen molar-refractivity contribution in [3.63, 3.8) is 0 Å². The molecule has 94 valence electrons. The van der Waals surface area contributed by atoms with Crippen molar-refractivity contribution in [2.45, 2.75) is 20.8 Å². The van der Waals surface area contributed by atoms with Crippen LogP contribution in [0.4, 0.5) is 5.13 Å². The molecular weight excluding hydrogens is 234 g/mol. The van der Waals surface area contributed by atoms with E-state index in [1.165, 1.54) is 11.3 Å². The van der Waals surface area contributed by atoms with E-state index < -0.39 is 0 Å². The molecule has 1 heterocycles. The van der Waals surface area contributed by atoms with Gasteiger partial charge in [0, 0.05) is 11.9 Å². The fourth-order valence-corrected chi connectivity index (χ4v) is 2.14. The third kappa shape index (κ3) is 5.10. The van der Waals surface area contributed by atoms with Gasteiger partial charge in [0.1, 0.15) is 0 Å². The summed E-state index contributed by atoms with van der Waals surface area (Å²) in [6.45, 7) is 11.7. The van der Waals surface area contributed by atoms with Crippen LogP contribution in [0.2, 0.25) is 0 Å². The molecule has 17 heavy (non-hydrogen) atoms. The van der Waals surface area contributed by atoms with E-state index in [0.29, 0.717) is 11.7 Å². The van der Waals surface area contributed by atoms with Crippen LogP contribution >= 0.6 is 11.3 Å². The largest absolute Gasteiger partial charge is 0.301 e. The van der Waals surface area contributed by atoms with Crippen LogP contribution < -0.4 is 5.32 Å². The third-order valence-electron chi connectivity index (χ3n) is 2.17. The molecule has 1 rings (SSSR count). The summed E-state index contributed by atoms with van der Waals surface area (Å²) in [4.78, 5) is 18.0. The molecule has 0 aliphatic rings. The van der Waals surface area contributed by atoms with E-state index in [0.717, 1.165) is 24.4 Å². The van der Waals surface area contributed by atoms with E-state index in [9.17, 15) is 4.79 Å². The topological polar surface area (TPSA) is 45.2 Å². The van der Waals surface area contributed by atoms with E-state index in [-0.39, 0.29) is 5.91 Å². The number of hydrogen-bond donors (Lipinski definition) is 1. The lowest BCUT2D eigenvalue weighted by Crippen LogP contribution is -2.34. The molecule has 5 heteroatoms. The summed E-state index contributed by atoms with van der Waals surface area (Å²) in [5.41, 5.74) is 1.99. The molecule has 0 aromatic carbocycles. The highest BCUT2D eigenvalue weighted by molar-refractivity contribution is 7.13. The quantitative estimate of drug-likeness (QED) is 0.791. The number of carbonyl (C=O) groups is 1. The monoisotopic (exact) mass is 253 g/mol. The molecule has 0 aliphatic heterocycles. The number of thiazole rings is 1. The lowest BCUT2D eigenvalue weighted by atomic mass is 10.3. The molecule has 0 unspecified atom stereocenters. The number of nitrogens with one attached hydrogen (secondary N) is 1. The molecule has 0 atom stereocenters. The molecule has 1 N–H and O–H groups in total. The zero-order valence-corrected chi connectivity index (χ0v) is 11.4.